The van der Waals surface area contributed by atoms with Gasteiger partial charge in [-0.3, -0.25) is 4.90 Å². The van der Waals surface area contributed by atoms with E-state index in [1.165, 1.54) is 16.0 Å². The number of rotatable bonds is 4. The number of nitrogens with zero attached hydrogens (tertiary/aromatic N) is 2. The lowest BCUT2D eigenvalue weighted by molar-refractivity contribution is 0.306. The van der Waals surface area contributed by atoms with Crippen LogP contribution >= 0.6 is 11.3 Å². The molecule has 2 heterocycles. The molecule has 1 aromatic heterocycles. The van der Waals surface area contributed by atoms with Crippen LogP contribution in [-0.2, 0) is 6.42 Å². The van der Waals surface area contributed by atoms with Crippen LogP contribution < -0.4 is 5.73 Å². The first-order valence-electron chi connectivity index (χ1n) is 6.98. The first-order chi connectivity index (χ1) is 9.81. The minimum atomic E-state index is 0.671. The second-order valence-electron chi connectivity index (χ2n) is 5.06. The van der Waals surface area contributed by atoms with Crippen molar-refractivity contribution in [1.29, 1.82) is 0 Å². The number of hydrogen-bond acceptors (Lipinski definition) is 4. The first-order valence-corrected chi connectivity index (χ1v) is 7.80. The van der Waals surface area contributed by atoms with Gasteiger partial charge in [-0.2, -0.15) is 0 Å². The molecular formula is C16H19N3S. The summed E-state index contributed by atoms with van der Waals surface area (Å²) in [7, 11) is 0. The largest absolute Gasteiger partial charge is 0.375 e. The fraction of sp³-hybridized carbons (Fsp3) is 0.312. The summed E-state index contributed by atoms with van der Waals surface area (Å²) in [6.45, 7) is 3.26. The van der Waals surface area contributed by atoms with E-state index in [9.17, 15) is 0 Å². The molecule has 0 saturated heterocycles. The SMILES string of the molecule is Nc1ncc(CCN2CC=C(c3ccccc3)CC2)s1. The number of nitrogen functional groups attached to an aromatic ring is 1. The van der Waals surface area contributed by atoms with Gasteiger partial charge in [-0.1, -0.05) is 36.4 Å². The van der Waals surface area contributed by atoms with Gasteiger partial charge in [-0.25, -0.2) is 4.98 Å². The third-order valence-electron chi connectivity index (χ3n) is 3.68. The maximum atomic E-state index is 5.65. The van der Waals surface area contributed by atoms with E-state index >= 15 is 0 Å². The lowest BCUT2D eigenvalue weighted by Crippen LogP contribution is -2.30. The van der Waals surface area contributed by atoms with Gasteiger partial charge in [0.25, 0.3) is 0 Å². The third kappa shape index (κ3) is 3.26. The fourth-order valence-electron chi connectivity index (χ4n) is 2.54. The van der Waals surface area contributed by atoms with E-state index in [-0.39, 0.29) is 0 Å². The van der Waals surface area contributed by atoms with Crippen molar-refractivity contribution in [2.75, 3.05) is 25.4 Å². The van der Waals surface area contributed by atoms with E-state index in [0.717, 1.165) is 32.5 Å². The van der Waals surface area contributed by atoms with Crippen LogP contribution in [0.25, 0.3) is 5.57 Å². The number of anilines is 1. The van der Waals surface area contributed by atoms with Crippen molar-refractivity contribution in [3.8, 4) is 0 Å². The quantitative estimate of drug-likeness (QED) is 0.939. The number of hydrogen-bond donors (Lipinski definition) is 1. The van der Waals surface area contributed by atoms with Crippen molar-refractivity contribution in [2.24, 2.45) is 0 Å². The molecule has 1 aliphatic heterocycles. The van der Waals surface area contributed by atoms with Crippen LogP contribution in [0.4, 0.5) is 5.13 Å². The second-order valence-corrected chi connectivity index (χ2v) is 6.21. The summed E-state index contributed by atoms with van der Waals surface area (Å²) in [5.74, 6) is 0. The van der Waals surface area contributed by atoms with Gasteiger partial charge in [0.05, 0.1) is 0 Å². The van der Waals surface area contributed by atoms with E-state index in [0.29, 0.717) is 5.13 Å². The molecule has 0 spiro atoms. The molecular weight excluding hydrogens is 266 g/mol. The topological polar surface area (TPSA) is 42.1 Å². The molecule has 0 amide bonds. The van der Waals surface area contributed by atoms with Crippen LogP contribution in [-0.4, -0.2) is 29.5 Å². The Hall–Kier alpha value is -1.65. The average molecular weight is 285 g/mol. The van der Waals surface area contributed by atoms with Gasteiger partial charge >= 0.3 is 0 Å². The molecule has 0 saturated carbocycles. The average Bonchev–Trinajstić information content (AvgIpc) is 2.92. The molecule has 0 fully saturated rings. The van der Waals surface area contributed by atoms with Crippen LogP contribution in [0.5, 0.6) is 0 Å². The maximum Gasteiger partial charge on any atom is 0.180 e. The Morgan fingerprint density at radius 3 is 2.75 bits per heavy atom. The van der Waals surface area contributed by atoms with Crippen molar-refractivity contribution in [1.82, 2.24) is 9.88 Å². The number of nitrogens with two attached hydrogens (primary N) is 1. The Bertz CT molecular complexity index is 589. The molecule has 2 aromatic rings. The van der Waals surface area contributed by atoms with Crippen molar-refractivity contribution in [3.05, 3.63) is 53.0 Å². The molecule has 0 aliphatic carbocycles. The van der Waals surface area contributed by atoms with Gasteiger partial charge in [-0.05, 0) is 24.0 Å². The maximum absolute atomic E-state index is 5.65. The molecule has 20 heavy (non-hydrogen) atoms. The molecule has 1 aromatic carbocycles. The van der Waals surface area contributed by atoms with Gasteiger partial charge < -0.3 is 5.73 Å². The predicted octanol–water partition coefficient (Wildman–Crippen LogP) is 3.06. The van der Waals surface area contributed by atoms with Gasteiger partial charge in [-0.15, -0.1) is 11.3 Å². The molecule has 104 valence electrons. The highest BCUT2D eigenvalue weighted by Crippen LogP contribution is 2.22. The zero-order chi connectivity index (χ0) is 13.8. The Morgan fingerprint density at radius 2 is 2.10 bits per heavy atom. The van der Waals surface area contributed by atoms with Crippen LogP contribution in [0.15, 0.2) is 42.6 Å². The smallest absolute Gasteiger partial charge is 0.180 e. The summed E-state index contributed by atoms with van der Waals surface area (Å²) in [6.07, 6.45) is 6.44. The van der Waals surface area contributed by atoms with Crippen LogP contribution in [0.3, 0.4) is 0 Å². The number of aromatic nitrogens is 1. The van der Waals surface area contributed by atoms with Crippen LogP contribution in [0, 0.1) is 0 Å². The van der Waals surface area contributed by atoms with Crippen molar-refractivity contribution in [3.63, 3.8) is 0 Å². The zero-order valence-corrected chi connectivity index (χ0v) is 12.3. The third-order valence-corrected chi connectivity index (χ3v) is 4.57. The molecule has 2 N–H and O–H groups in total. The van der Waals surface area contributed by atoms with E-state index in [1.54, 1.807) is 11.3 Å². The summed E-state index contributed by atoms with van der Waals surface area (Å²) < 4.78 is 0. The minimum absolute atomic E-state index is 0.671. The summed E-state index contributed by atoms with van der Waals surface area (Å²) in [4.78, 5) is 7.86. The van der Waals surface area contributed by atoms with Crippen LogP contribution in [0.1, 0.15) is 16.9 Å². The van der Waals surface area contributed by atoms with Gasteiger partial charge in [0.2, 0.25) is 0 Å². The van der Waals surface area contributed by atoms with Gasteiger partial charge in [0, 0.05) is 30.7 Å². The first kappa shape index (κ1) is 13.3. The molecule has 3 rings (SSSR count). The highest BCUT2D eigenvalue weighted by Gasteiger charge is 2.13. The van der Waals surface area contributed by atoms with E-state index in [4.69, 9.17) is 5.73 Å². The van der Waals surface area contributed by atoms with E-state index < -0.39 is 0 Å². The Balaban J connectivity index is 1.54. The lowest BCUT2D eigenvalue weighted by atomic mass is 9.99. The summed E-state index contributed by atoms with van der Waals surface area (Å²) in [5, 5.41) is 0.671. The molecule has 3 nitrogen and oxygen atoms in total. The Morgan fingerprint density at radius 1 is 1.25 bits per heavy atom. The second kappa shape index (κ2) is 6.20. The normalized spacial score (nSPS) is 16.1. The van der Waals surface area contributed by atoms with E-state index in [2.05, 4.69) is 46.3 Å². The van der Waals surface area contributed by atoms with Crippen molar-refractivity contribution >= 4 is 22.0 Å². The summed E-state index contributed by atoms with van der Waals surface area (Å²) >= 11 is 1.60. The van der Waals surface area contributed by atoms with Crippen LogP contribution in [0.2, 0.25) is 0 Å². The molecule has 0 unspecified atom stereocenters. The number of thiazole rings is 1. The molecule has 0 radical (unpaired) electrons. The van der Waals surface area contributed by atoms with Gasteiger partial charge in [0.1, 0.15) is 0 Å². The summed E-state index contributed by atoms with van der Waals surface area (Å²) in [6, 6.07) is 10.7. The zero-order valence-electron chi connectivity index (χ0n) is 11.5. The molecule has 0 atom stereocenters. The standard InChI is InChI=1S/C16H19N3S/c17-16-18-12-15(20-16)8-11-19-9-6-14(7-10-19)13-4-2-1-3-5-13/h1-6,12H,7-11H2,(H2,17,18). The van der Waals surface area contributed by atoms with Crippen molar-refractivity contribution in [2.45, 2.75) is 12.8 Å². The molecule has 0 bridgehead atoms. The highest BCUT2D eigenvalue weighted by molar-refractivity contribution is 7.15. The van der Waals surface area contributed by atoms with E-state index in [1.807, 2.05) is 6.20 Å². The summed E-state index contributed by atoms with van der Waals surface area (Å²) in [5.41, 5.74) is 8.49. The predicted molar refractivity (Wildman–Crippen MR) is 85.7 cm³/mol. The Kier molecular flexibility index (Phi) is 4.14. The Labute approximate surface area is 123 Å². The lowest BCUT2D eigenvalue weighted by Gasteiger charge is -2.26. The highest BCUT2D eigenvalue weighted by atomic mass is 32.1. The monoisotopic (exact) mass is 285 g/mol. The molecule has 1 aliphatic rings. The number of benzene rings is 1. The van der Waals surface area contributed by atoms with Gasteiger partial charge in [0.15, 0.2) is 5.13 Å². The van der Waals surface area contributed by atoms with Crippen molar-refractivity contribution < 1.29 is 0 Å². The fourth-order valence-corrected chi connectivity index (χ4v) is 3.21. The molecule has 4 heteroatoms. The minimum Gasteiger partial charge on any atom is -0.375 e.